The van der Waals surface area contributed by atoms with Gasteiger partial charge in [0.15, 0.2) is 0 Å². The van der Waals surface area contributed by atoms with Crippen molar-refractivity contribution in [3.05, 3.63) is 29.8 Å². The molecule has 0 heterocycles. The van der Waals surface area contributed by atoms with Crippen LogP contribution in [0.2, 0.25) is 0 Å². The maximum atomic E-state index is 6.05. The minimum absolute atomic E-state index is 0. The summed E-state index contributed by atoms with van der Waals surface area (Å²) < 4.78 is 0. The van der Waals surface area contributed by atoms with Crippen LogP contribution in [0.5, 0.6) is 0 Å². The maximum Gasteiger partial charge on any atom is 0.0361 e. The van der Waals surface area contributed by atoms with Crippen LogP contribution in [0, 0.1) is 5.92 Å². The van der Waals surface area contributed by atoms with Gasteiger partial charge in [-0.3, -0.25) is 0 Å². The molecule has 86 valence electrons. The van der Waals surface area contributed by atoms with E-state index in [2.05, 4.69) is 43.0 Å². The molecule has 0 unspecified atom stereocenters. The lowest BCUT2D eigenvalue weighted by Crippen LogP contribution is -2.17. The summed E-state index contributed by atoms with van der Waals surface area (Å²) in [6.45, 7) is 4.29. The first-order chi connectivity index (χ1) is 6.52. The van der Waals surface area contributed by atoms with Crippen molar-refractivity contribution in [3.63, 3.8) is 0 Å². The third-order valence-corrected chi connectivity index (χ3v) is 2.51. The Hall–Kier alpha value is -0.730. The Morgan fingerprint density at radius 1 is 1.07 bits per heavy atom. The van der Waals surface area contributed by atoms with E-state index in [1.165, 1.54) is 11.3 Å². The molecule has 1 rings (SSSR count). The van der Waals surface area contributed by atoms with Crippen molar-refractivity contribution >= 4 is 18.1 Å². The normalized spacial score (nSPS) is 12.1. The van der Waals surface area contributed by atoms with Gasteiger partial charge in [0.05, 0.1) is 0 Å². The molecule has 0 amide bonds. The average molecular weight is 229 g/mol. The number of halogens is 1. The fourth-order valence-electron chi connectivity index (χ4n) is 1.38. The molecular formula is C12H21ClN2. The van der Waals surface area contributed by atoms with Crippen molar-refractivity contribution in [2.45, 2.75) is 19.9 Å². The first-order valence-corrected chi connectivity index (χ1v) is 5.05. The molecule has 1 aromatic carbocycles. The number of anilines is 1. The number of hydrogen-bond acceptors (Lipinski definition) is 2. The molecule has 0 aliphatic rings. The van der Waals surface area contributed by atoms with E-state index in [-0.39, 0.29) is 18.4 Å². The van der Waals surface area contributed by atoms with E-state index in [0.29, 0.717) is 5.92 Å². The van der Waals surface area contributed by atoms with Gasteiger partial charge in [-0.1, -0.05) is 26.0 Å². The van der Waals surface area contributed by atoms with Gasteiger partial charge in [0, 0.05) is 25.8 Å². The largest absolute Gasteiger partial charge is 0.378 e. The topological polar surface area (TPSA) is 29.3 Å². The monoisotopic (exact) mass is 228 g/mol. The molecule has 0 aromatic heterocycles. The van der Waals surface area contributed by atoms with E-state index < -0.39 is 0 Å². The van der Waals surface area contributed by atoms with Crippen LogP contribution in [0.3, 0.4) is 0 Å². The molecule has 0 aliphatic heterocycles. The lowest BCUT2D eigenvalue weighted by Gasteiger charge is -2.18. The van der Waals surface area contributed by atoms with E-state index in [0.717, 1.165) is 0 Å². The van der Waals surface area contributed by atoms with Gasteiger partial charge in [0.2, 0.25) is 0 Å². The molecule has 1 atom stereocenters. The van der Waals surface area contributed by atoms with Crippen LogP contribution >= 0.6 is 12.4 Å². The number of nitrogens with zero attached hydrogens (tertiary/aromatic N) is 1. The van der Waals surface area contributed by atoms with Crippen LogP contribution in [0.1, 0.15) is 25.5 Å². The van der Waals surface area contributed by atoms with Crippen LogP contribution in [-0.4, -0.2) is 14.1 Å². The summed E-state index contributed by atoms with van der Waals surface area (Å²) in [6.07, 6.45) is 0. The number of rotatable bonds is 3. The Morgan fingerprint density at radius 3 is 1.87 bits per heavy atom. The van der Waals surface area contributed by atoms with Gasteiger partial charge in [-0.2, -0.15) is 0 Å². The molecule has 0 aliphatic carbocycles. The van der Waals surface area contributed by atoms with Crippen LogP contribution in [-0.2, 0) is 0 Å². The van der Waals surface area contributed by atoms with Gasteiger partial charge in [-0.05, 0) is 23.6 Å². The first kappa shape index (κ1) is 14.3. The average Bonchev–Trinajstić information content (AvgIpc) is 2.16. The third-order valence-electron chi connectivity index (χ3n) is 2.51. The van der Waals surface area contributed by atoms with Crippen molar-refractivity contribution < 1.29 is 0 Å². The smallest absolute Gasteiger partial charge is 0.0361 e. The van der Waals surface area contributed by atoms with Crippen LogP contribution in [0.25, 0.3) is 0 Å². The van der Waals surface area contributed by atoms with Crippen LogP contribution < -0.4 is 10.6 Å². The Kier molecular flexibility index (Phi) is 5.69. The third kappa shape index (κ3) is 3.73. The molecule has 0 saturated carbocycles. The zero-order chi connectivity index (χ0) is 10.7. The summed E-state index contributed by atoms with van der Waals surface area (Å²) in [6, 6.07) is 8.58. The maximum absolute atomic E-state index is 6.05. The van der Waals surface area contributed by atoms with Crippen LogP contribution in [0.4, 0.5) is 5.69 Å². The van der Waals surface area contributed by atoms with E-state index in [4.69, 9.17) is 5.73 Å². The van der Waals surface area contributed by atoms with Gasteiger partial charge in [0.25, 0.3) is 0 Å². The fraction of sp³-hybridized carbons (Fsp3) is 0.500. The minimum atomic E-state index is 0. The second-order valence-electron chi connectivity index (χ2n) is 4.26. The Bertz CT molecular complexity index is 280. The van der Waals surface area contributed by atoms with E-state index in [9.17, 15) is 0 Å². The van der Waals surface area contributed by atoms with Gasteiger partial charge < -0.3 is 10.6 Å². The second-order valence-corrected chi connectivity index (χ2v) is 4.26. The molecule has 0 fully saturated rings. The molecule has 2 nitrogen and oxygen atoms in total. The molecule has 0 radical (unpaired) electrons. The number of nitrogens with two attached hydrogens (primary N) is 1. The summed E-state index contributed by atoms with van der Waals surface area (Å²) in [5, 5.41) is 0. The Morgan fingerprint density at radius 2 is 1.53 bits per heavy atom. The van der Waals surface area contributed by atoms with E-state index in [1.807, 2.05) is 14.1 Å². The standard InChI is InChI=1S/C12H20N2.ClH/c1-9(2)12(13)10-5-7-11(8-6-10)14(3)4;/h5-9,12H,13H2,1-4H3;1H/t12-;/m0./s1. The number of benzene rings is 1. The quantitative estimate of drug-likeness (QED) is 0.862. The molecule has 15 heavy (non-hydrogen) atoms. The molecule has 2 N–H and O–H groups in total. The highest BCUT2D eigenvalue weighted by atomic mass is 35.5. The predicted molar refractivity (Wildman–Crippen MR) is 69.8 cm³/mol. The molecule has 0 saturated heterocycles. The molecule has 1 aromatic rings. The van der Waals surface area contributed by atoms with E-state index >= 15 is 0 Å². The summed E-state index contributed by atoms with van der Waals surface area (Å²) >= 11 is 0. The van der Waals surface area contributed by atoms with Crippen molar-refractivity contribution in [2.24, 2.45) is 11.7 Å². The van der Waals surface area contributed by atoms with Crippen molar-refractivity contribution in [2.75, 3.05) is 19.0 Å². The molecular weight excluding hydrogens is 208 g/mol. The molecule has 3 heteroatoms. The summed E-state index contributed by atoms with van der Waals surface area (Å²) in [5.41, 5.74) is 8.48. The molecule has 0 bridgehead atoms. The minimum Gasteiger partial charge on any atom is -0.378 e. The van der Waals surface area contributed by atoms with Crippen molar-refractivity contribution in [1.29, 1.82) is 0 Å². The SMILES string of the molecule is CC(C)[C@H](N)c1ccc(N(C)C)cc1.Cl. The van der Waals surface area contributed by atoms with Gasteiger partial charge >= 0.3 is 0 Å². The van der Waals surface area contributed by atoms with Crippen LogP contribution in [0.15, 0.2) is 24.3 Å². The van der Waals surface area contributed by atoms with E-state index in [1.54, 1.807) is 0 Å². The van der Waals surface area contributed by atoms with Gasteiger partial charge in [-0.25, -0.2) is 0 Å². The highest BCUT2D eigenvalue weighted by Crippen LogP contribution is 2.21. The predicted octanol–water partition coefficient (Wildman–Crippen LogP) is 2.83. The summed E-state index contributed by atoms with van der Waals surface area (Å²) in [5.74, 6) is 0.486. The lowest BCUT2D eigenvalue weighted by atomic mass is 9.97. The summed E-state index contributed by atoms with van der Waals surface area (Å²) in [4.78, 5) is 2.09. The van der Waals surface area contributed by atoms with Crippen molar-refractivity contribution in [1.82, 2.24) is 0 Å². The van der Waals surface area contributed by atoms with Gasteiger partial charge in [0.1, 0.15) is 0 Å². The first-order valence-electron chi connectivity index (χ1n) is 5.05. The fourth-order valence-corrected chi connectivity index (χ4v) is 1.38. The summed E-state index contributed by atoms with van der Waals surface area (Å²) in [7, 11) is 4.08. The Labute approximate surface area is 98.9 Å². The highest BCUT2D eigenvalue weighted by Gasteiger charge is 2.09. The Balaban J connectivity index is 0.00000196. The van der Waals surface area contributed by atoms with Crippen molar-refractivity contribution in [3.8, 4) is 0 Å². The molecule has 0 spiro atoms. The zero-order valence-corrected chi connectivity index (χ0v) is 10.7. The lowest BCUT2D eigenvalue weighted by molar-refractivity contribution is 0.514. The number of hydrogen-bond donors (Lipinski definition) is 1. The second kappa shape index (κ2) is 5.99. The van der Waals surface area contributed by atoms with Gasteiger partial charge in [-0.15, -0.1) is 12.4 Å². The highest BCUT2D eigenvalue weighted by molar-refractivity contribution is 5.85. The zero-order valence-electron chi connectivity index (χ0n) is 9.90.